The number of ether oxygens (including phenoxy) is 1. The summed E-state index contributed by atoms with van der Waals surface area (Å²) in [6, 6.07) is 11.8. The zero-order chi connectivity index (χ0) is 17.8. The summed E-state index contributed by atoms with van der Waals surface area (Å²) in [7, 11) is 1.24. The van der Waals surface area contributed by atoms with Gasteiger partial charge in [0.05, 0.1) is 28.6 Å². The molecule has 0 fully saturated rings. The summed E-state index contributed by atoms with van der Waals surface area (Å²) in [5, 5.41) is 14.0. The highest BCUT2D eigenvalue weighted by Crippen LogP contribution is 2.23. The minimum Gasteiger partial charge on any atom is -0.465 e. The van der Waals surface area contributed by atoms with E-state index in [1.807, 2.05) is 24.3 Å². The monoisotopic (exact) mass is 340 g/mol. The van der Waals surface area contributed by atoms with Crippen LogP contribution in [0.2, 0.25) is 0 Å². The van der Waals surface area contributed by atoms with Crippen LogP contribution in [0.25, 0.3) is 11.0 Å². The molecule has 0 bridgehead atoms. The van der Waals surface area contributed by atoms with Gasteiger partial charge in [-0.05, 0) is 18.2 Å². The van der Waals surface area contributed by atoms with Crippen LogP contribution in [0.3, 0.4) is 0 Å². The molecule has 3 rings (SSSR count). The summed E-state index contributed by atoms with van der Waals surface area (Å²) < 4.78 is 4.70. The minimum atomic E-state index is -0.630. The highest BCUT2D eigenvalue weighted by Gasteiger charge is 2.17. The third-order valence-corrected chi connectivity index (χ3v) is 3.73. The molecular formula is C17H16N4O4. The van der Waals surface area contributed by atoms with Crippen molar-refractivity contribution in [3.8, 4) is 0 Å². The largest absolute Gasteiger partial charge is 0.465 e. The lowest BCUT2D eigenvalue weighted by molar-refractivity contribution is -0.384. The fraction of sp³-hybridized carbons (Fsp3) is 0.176. The predicted molar refractivity (Wildman–Crippen MR) is 92.7 cm³/mol. The molecule has 1 heterocycles. The van der Waals surface area contributed by atoms with Crippen LogP contribution in [0.1, 0.15) is 16.2 Å². The number of nitrogens with zero attached hydrogens (tertiary/aromatic N) is 2. The molecule has 0 saturated carbocycles. The molecule has 0 spiro atoms. The molecule has 1 aromatic heterocycles. The number of aromatic amines is 1. The first-order chi connectivity index (χ1) is 12.1. The maximum Gasteiger partial charge on any atom is 0.340 e. The molecule has 0 radical (unpaired) electrons. The molecule has 0 aliphatic carbocycles. The first-order valence-corrected chi connectivity index (χ1v) is 7.62. The maximum absolute atomic E-state index is 11.9. The van der Waals surface area contributed by atoms with Crippen molar-refractivity contribution in [2.24, 2.45) is 0 Å². The van der Waals surface area contributed by atoms with E-state index in [1.165, 1.54) is 25.3 Å². The molecule has 0 amide bonds. The van der Waals surface area contributed by atoms with Crippen molar-refractivity contribution in [2.75, 3.05) is 19.0 Å². The Morgan fingerprint density at radius 2 is 2.12 bits per heavy atom. The van der Waals surface area contributed by atoms with Gasteiger partial charge in [-0.2, -0.15) is 0 Å². The molecule has 2 N–H and O–H groups in total. The maximum atomic E-state index is 11.9. The van der Waals surface area contributed by atoms with E-state index in [-0.39, 0.29) is 11.3 Å². The number of nitro benzene ring substituents is 1. The van der Waals surface area contributed by atoms with Crippen LogP contribution in [0.15, 0.2) is 42.5 Å². The Hall–Kier alpha value is -3.42. The van der Waals surface area contributed by atoms with Gasteiger partial charge in [-0.1, -0.05) is 12.1 Å². The van der Waals surface area contributed by atoms with Crippen LogP contribution in [0, 0.1) is 10.1 Å². The lowest BCUT2D eigenvalue weighted by Gasteiger charge is -2.10. The van der Waals surface area contributed by atoms with Gasteiger partial charge in [0, 0.05) is 30.8 Å². The number of esters is 1. The predicted octanol–water partition coefficient (Wildman–Crippen LogP) is 2.91. The molecule has 2 aromatic carbocycles. The Labute approximate surface area is 143 Å². The molecule has 3 aromatic rings. The highest BCUT2D eigenvalue weighted by atomic mass is 16.6. The zero-order valence-electron chi connectivity index (χ0n) is 13.5. The second-order valence-corrected chi connectivity index (χ2v) is 5.36. The van der Waals surface area contributed by atoms with Crippen LogP contribution in [0.5, 0.6) is 0 Å². The van der Waals surface area contributed by atoms with Gasteiger partial charge in [0.1, 0.15) is 5.82 Å². The van der Waals surface area contributed by atoms with Gasteiger partial charge in [0.15, 0.2) is 0 Å². The number of methoxy groups -OCH3 is 1. The van der Waals surface area contributed by atoms with Crippen LogP contribution in [-0.4, -0.2) is 34.5 Å². The van der Waals surface area contributed by atoms with Crippen LogP contribution < -0.4 is 5.32 Å². The summed E-state index contributed by atoms with van der Waals surface area (Å²) in [4.78, 5) is 29.9. The van der Waals surface area contributed by atoms with Crippen LogP contribution >= 0.6 is 0 Å². The first-order valence-electron chi connectivity index (χ1n) is 7.62. The van der Waals surface area contributed by atoms with E-state index >= 15 is 0 Å². The van der Waals surface area contributed by atoms with Crippen molar-refractivity contribution >= 4 is 28.4 Å². The number of non-ortho nitro benzene ring substituents is 1. The number of carbonyl (C=O) groups excluding carboxylic acids is 1. The second-order valence-electron chi connectivity index (χ2n) is 5.36. The van der Waals surface area contributed by atoms with E-state index in [9.17, 15) is 14.9 Å². The third kappa shape index (κ3) is 3.57. The topological polar surface area (TPSA) is 110 Å². The van der Waals surface area contributed by atoms with Gasteiger partial charge in [-0.25, -0.2) is 9.78 Å². The van der Waals surface area contributed by atoms with Gasteiger partial charge in [0.2, 0.25) is 0 Å². The zero-order valence-corrected chi connectivity index (χ0v) is 13.5. The van der Waals surface area contributed by atoms with Gasteiger partial charge >= 0.3 is 5.97 Å². The van der Waals surface area contributed by atoms with Crippen molar-refractivity contribution in [1.29, 1.82) is 0 Å². The highest BCUT2D eigenvalue weighted by molar-refractivity contribution is 5.96. The number of rotatable bonds is 6. The van der Waals surface area contributed by atoms with Crippen molar-refractivity contribution in [3.05, 3.63) is 64.0 Å². The van der Waals surface area contributed by atoms with Crippen molar-refractivity contribution in [2.45, 2.75) is 6.42 Å². The quantitative estimate of drug-likeness (QED) is 0.405. The number of aromatic nitrogens is 2. The van der Waals surface area contributed by atoms with Crippen molar-refractivity contribution < 1.29 is 14.5 Å². The Balaban J connectivity index is 1.73. The van der Waals surface area contributed by atoms with Crippen molar-refractivity contribution in [3.63, 3.8) is 0 Å². The number of para-hydroxylation sites is 2. The summed E-state index contributed by atoms with van der Waals surface area (Å²) in [5.74, 6) is 0.185. The van der Waals surface area contributed by atoms with Crippen molar-refractivity contribution in [1.82, 2.24) is 9.97 Å². The average Bonchev–Trinajstić information content (AvgIpc) is 3.03. The normalized spacial score (nSPS) is 10.6. The van der Waals surface area contributed by atoms with Crippen LogP contribution in [-0.2, 0) is 11.2 Å². The summed E-state index contributed by atoms with van der Waals surface area (Å²) in [5.41, 5.74) is 2.30. The number of H-pyrrole nitrogens is 1. The Morgan fingerprint density at radius 1 is 1.32 bits per heavy atom. The molecule has 8 nitrogen and oxygen atoms in total. The van der Waals surface area contributed by atoms with E-state index in [2.05, 4.69) is 15.3 Å². The first kappa shape index (κ1) is 16.4. The molecular weight excluding hydrogens is 324 g/mol. The Morgan fingerprint density at radius 3 is 2.84 bits per heavy atom. The average molecular weight is 340 g/mol. The number of imidazole rings is 1. The number of benzene rings is 2. The number of nitro groups is 1. The molecule has 0 unspecified atom stereocenters. The summed E-state index contributed by atoms with van der Waals surface area (Å²) >= 11 is 0. The minimum absolute atomic E-state index is 0.126. The number of carbonyl (C=O) groups is 1. The number of anilines is 1. The smallest absolute Gasteiger partial charge is 0.340 e. The van der Waals surface area contributed by atoms with Crippen LogP contribution in [0.4, 0.5) is 11.4 Å². The van der Waals surface area contributed by atoms with E-state index in [4.69, 9.17) is 4.74 Å². The lowest BCUT2D eigenvalue weighted by Crippen LogP contribution is -2.11. The number of nitrogens with one attached hydrogen (secondary N) is 2. The van der Waals surface area contributed by atoms with E-state index in [0.717, 1.165) is 16.9 Å². The van der Waals surface area contributed by atoms with E-state index < -0.39 is 10.9 Å². The Kier molecular flexibility index (Phi) is 4.60. The second kappa shape index (κ2) is 7.00. The van der Waals surface area contributed by atoms with Gasteiger partial charge < -0.3 is 15.0 Å². The summed E-state index contributed by atoms with van der Waals surface area (Å²) in [6.45, 7) is 0.502. The number of hydrogen-bond acceptors (Lipinski definition) is 6. The van der Waals surface area contributed by atoms with Gasteiger partial charge in [0.25, 0.3) is 5.69 Å². The number of hydrogen-bond donors (Lipinski definition) is 2. The summed E-state index contributed by atoms with van der Waals surface area (Å²) in [6.07, 6.45) is 0.603. The number of fused-ring (bicyclic) bond motifs is 1. The van der Waals surface area contributed by atoms with Gasteiger partial charge in [-0.15, -0.1) is 0 Å². The molecule has 0 aliphatic rings. The fourth-order valence-corrected chi connectivity index (χ4v) is 2.52. The molecule has 8 heteroatoms. The Bertz CT molecular complexity index is 902. The van der Waals surface area contributed by atoms with E-state index in [1.54, 1.807) is 0 Å². The molecule has 0 saturated heterocycles. The fourth-order valence-electron chi connectivity index (χ4n) is 2.52. The van der Waals surface area contributed by atoms with Gasteiger partial charge in [-0.3, -0.25) is 10.1 Å². The third-order valence-electron chi connectivity index (χ3n) is 3.73. The standard InChI is InChI=1S/C17H16N4O4/c1-25-17(22)12-10-11(21(23)24)6-7-13(12)18-9-8-16-19-14-4-2-3-5-15(14)20-16/h2-7,10,18H,8-9H2,1H3,(H,19,20). The van der Waals surface area contributed by atoms with E-state index in [0.29, 0.717) is 18.7 Å². The SMILES string of the molecule is COC(=O)c1cc([N+](=O)[O-])ccc1NCCc1nc2ccccc2[nH]1. The molecule has 25 heavy (non-hydrogen) atoms. The molecule has 0 aliphatic heterocycles. The lowest BCUT2D eigenvalue weighted by atomic mass is 10.1. The molecule has 128 valence electrons. The molecule has 0 atom stereocenters.